The van der Waals surface area contributed by atoms with Crippen LogP contribution in [0, 0.1) is 20.8 Å². The third-order valence-corrected chi connectivity index (χ3v) is 6.61. The molecule has 162 valence electrons. The Morgan fingerprint density at radius 1 is 1.00 bits per heavy atom. The third-order valence-electron chi connectivity index (χ3n) is 6.38. The van der Waals surface area contributed by atoms with E-state index in [0.29, 0.717) is 6.54 Å². The van der Waals surface area contributed by atoms with Gasteiger partial charge in [-0.3, -0.25) is 0 Å². The van der Waals surface area contributed by atoms with Gasteiger partial charge in [0.15, 0.2) is 0 Å². The molecule has 1 atom stereocenters. The molecule has 5 heteroatoms. The molecule has 0 saturated carbocycles. The fourth-order valence-corrected chi connectivity index (χ4v) is 4.80. The summed E-state index contributed by atoms with van der Waals surface area (Å²) in [5.41, 5.74) is 8.66. The van der Waals surface area contributed by atoms with E-state index in [1.54, 1.807) is 0 Å². The number of aromatic amines is 1. The van der Waals surface area contributed by atoms with Crippen molar-refractivity contribution in [3.05, 3.63) is 99.2 Å². The minimum Gasteiger partial charge on any atom is -0.356 e. The Kier molecular flexibility index (Phi) is 5.18. The molecule has 0 fully saturated rings. The minimum absolute atomic E-state index is 0.0911. The molecule has 0 bridgehead atoms. The molecule has 1 aromatic heterocycles. The van der Waals surface area contributed by atoms with E-state index in [4.69, 9.17) is 11.6 Å². The summed E-state index contributed by atoms with van der Waals surface area (Å²) in [6.07, 6.45) is 0.776. The van der Waals surface area contributed by atoms with Crippen LogP contribution in [0.1, 0.15) is 39.6 Å². The Hall–Kier alpha value is -3.24. The molecule has 0 spiro atoms. The van der Waals surface area contributed by atoms with Crippen molar-refractivity contribution in [2.45, 2.75) is 33.2 Å². The van der Waals surface area contributed by atoms with Crippen LogP contribution in [0.15, 0.2) is 60.7 Å². The smallest absolute Gasteiger partial charge is 0.322 e. The topological polar surface area (TPSA) is 48.1 Å². The highest BCUT2D eigenvalue weighted by atomic mass is 35.5. The summed E-state index contributed by atoms with van der Waals surface area (Å²) in [6, 6.07) is 20.2. The summed E-state index contributed by atoms with van der Waals surface area (Å²) in [5, 5.41) is 5.02. The lowest BCUT2D eigenvalue weighted by Crippen LogP contribution is -2.43. The fourth-order valence-electron chi connectivity index (χ4n) is 4.63. The quantitative estimate of drug-likeness (QED) is 0.347. The van der Waals surface area contributed by atoms with E-state index in [1.165, 1.54) is 11.1 Å². The lowest BCUT2D eigenvalue weighted by Gasteiger charge is -2.36. The number of hydrogen-bond acceptors (Lipinski definition) is 1. The van der Waals surface area contributed by atoms with Gasteiger partial charge in [-0.05, 0) is 73.7 Å². The normalized spacial score (nSPS) is 15.6. The van der Waals surface area contributed by atoms with Crippen molar-refractivity contribution in [1.82, 2.24) is 9.88 Å². The van der Waals surface area contributed by atoms with E-state index in [-0.39, 0.29) is 12.1 Å². The second-order valence-corrected chi connectivity index (χ2v) is 9.15. The van der Waals surface area contributed by atoms with Crippen LogP contribution in [0.2, 0.25) is 5.02 Å². The predicted molar refractivity (Wildman–Crippen MR) is 132 cm³/mol. The number of anilines is 1. The summed E-state index contributed by atoms with van der Waals surface area (Å²) in [7, 11) is 0. The number of rotatable bonds is 2. The van der Waals surface area contributed by atoms with Crippen LogP contribution in [-0.2, 0) is 6.42 Å². The van der Waals surface area contributed by atoms with Gasteiger partial charge in [0.25, 0.3) is 0 Å². The average molecular weight is 444 g/mol. The molecule has 32 heavy (non-hydrogen) atoms. The number of urea groups is 1. The van der Waals surface area contributed by atoms with Crippen LogP contribution in [0.3, 0.4) is 0 Å². The van der Waals surface area contributed by atoms with Crippen LogP contribution in [-0.4, -0.2) is 22.5 Å². The Balaban J connectivity index is 1.59. The molecule has 1 aliphatic heterocycles. The van der Waals surface area contributed by atoms with E-state index in [1.807, 2.05) is 49.1 Å². The van der Waals surface area contributed by atoms with Crippen LogP contribution in [0.5, 0.6) is 0 Å². The Bertz CT molecular complexity index is 1320. The summed E-state index contributed by atoms with van der Waals surface area (Å²) in [4.78, 5) is 19.1. The van der Waals surface area contributed by atoms with Crippen LogP contribution in [0.4, 0.5) is 10.5 Å². The van der Waals surface area contributed by atoms with Gasteiger partial charge in [0.05, 0.1) is 6.04 Å². The van der Waals surface area contributed by atoms with Gasteiger partial charge < -0.3 is 15.2 Å². The lowest BCUT2D eigenvalue weighted by atomic mass is 9.92. The number of amides is 2. The number of aryl methyl sites for hydroxylation is 3. The molecule has 4 aromatic rings. The molecule has 3 aromatic carbocycles. The van der Waals surface area contributed by atoms with Crippen molar-refractivity contribution < 1.29 is 4.79 Å². The van der Waals surface area contributed by atoms with Gasteiger partial charge in [-0.2, -0.15) is 0 Å². The molecule has 4 nitrogen and oxygen atoms in total. The SMILES string of the molecule is Cc1ccc([C@@H]2c3[nH]c4ccc(Cl)cc4c3CCN2C(=O)Nc2cc(C)ccc2C)cc1. The molecule has 0 unspecified atom stereocenters. The van der Waals surface area contributed by atoms with E-state index in [9.17, 15) is 4.79 Å². The highest BCUT2D eigenvalue weighted by Gasteiger charge is 2.34. The molecule has 2 heterocycles. The molecule has 0 aliphatic carbocycles. The first-order valence-corrected chi connectivity index (χ1v) is 11.3. The second-order valence-electron chi connectivity index (χ2n) is 8.71. The predicted octanol–water partition coefficient (Wildman–Crippen LogP) is 6.93. The zero-order chi connectivity index (χ0) is 22.4. The van der Waals surface area contributed by atoms with Crippen molar-refractivity contribution in [2.24, 2.45) is 0 Å². The second kappa shape index (κ2) is 8.03. The van der Waals surface area contributed by atoms with Crippen LogP contribution < -0.4 is 5.32 Å². The van der Waals surface area contributed by atoms with Gasteiger partial charge in [0, 0.05) is 33.9 Å². The Morgan fingerprint density at radius 3 is 2.53 bits per heavy atom. The van der Waals surface area contributed by atoms with Crippen LogP contribution in [0.25, 0.3) is 10.9 Å². The molecule has 0 radical (unpaired) electrons. The maximum absolute atomic E-state index is 13.5. The first-order chi connectivity index (χ1) is 15.4. The maximum atomic E-state index is 13.5. The minimum atomic E-state index is -0.198. The number of H-pyrrole nitrogens is 1. The first kappa shape index (κ1) is 20.7. The summed E-state index contributed by atoms with van der Waals surface area (Å²) < 4.78 is 0. The molecule has 5 rings (SSSR count). The largest absolute Gasteiger partial charge is 0.356 e. The first-order valence-electron chi connectivity index (χ1n) is 10.9. The standard InChI is InChI=1S/C27H26ClN3O/c1-16-5-8-19(9-6-16)26-25-21(22-15-20(28)10-11-23(22)29-25)12-13-31(26)27(32)30-24-14-17(2)4-7-18(24)3/h4-11,14-15,26,29H,12-13H2,1-3H3,(H,30,32)/t26-/m1/s1. The van der Waals surface area contributed by atoms with Gasteiger partial charge in [-0.1, -0.05) is 53.6 Å². The zero-order valence-electron chi connectivity index (χ0n) is 18.5. The van der Waals surface area contributed by atoms with Crippen molar-refractivity contribution >= 4 is 34.2 Å². The van der Waals surface area contributed by atoms with E-state index in [0.717, 1.165) is 50.4 Å². The number of nitrogens with zero attached hydrogens (tertiary/aromatic N) is 1. The monoisotopic (exact) mass is 443 g/mol. The summed E-state index contributed by atoms with van der Waals surface area (Å²) in [6.45, 7) is 6.75. The van der Waals surface area contributed by atoms with Crippen molar-refractivity contribution in [3.63, 3.8) is 0 Å². The van der Waals surface area contributed by atoms with Gasteiger partial charge in [-0.25, -0.2) is 4.79 Å². The molecule has 1 aliphatic rings. The summed E-state index contributed by atoms with van der Waals surface area (Å²) in [5.74, 6) is 0. The fraction of sp³-hybridized carbons (Fsp3) is 0.222. The van der Waals surface area contributed by atoms with Gasteiger partial charge in [0.1, 0.15) is 0 Å². The molecular weight excluding hydrogens is 418 g/mol. The van der Waals surface area contributed by atoms with E-state index in [2.05, 4.69) is 47.6 Å². The third kappa shape index (κ3) is 3.65. The number of fused-ring (bicyclic) bond motifs is 3. The number of carbonyl (C=O) groups is 1. The number of aromatic nitrogens is 1. The molecule has 0 saturated heterocycles. The lowest BCUT2D eigenvalue weighted by molar-refractivity contribution is 0.193. The molecular formula is C27H26ClN3O. The summed E-state index contributed by atoms with van der Waals surface area (Å²) >= 11 is 6.30. The van der Waals surface area contributed by atoms with E-state index >= 15 is 0 Å². The van der Waals surface area contributed by atoms with Crippen molar-refractivity contribution in [2.75, 3.05) is 11.9 Å². The number of carbonyl (C=O) groups excluding carboxylic acids is 1. The Labute approximate surface area is 193 Å². The van der Waals surface area contributed by atoms with Crippen molar-refractivity contribution in [1.29, 1.82) is 0 Å². The molecule has 2 N–H and O–H groups in total. The number of benzene rings is 3. The van der Waals surface area contributed by atoms with Gasteiger partial charge in [0.2, 0.25) is 0 Å². The highest BCUT2D eigenvalue weighted by Crippen LogP contribution is 2.39. The maximum Gasteiger partial charge on any atom is 0.322 e. The average Bonchev–Trinajstić information content (AvgIpc) is 3.14. The highest BCUT2D eigenvalue weighted by molar-refractivity contribution is 6.31. The van der Waals surface area contributed by atoms with E-state index < -0.39 is 0 Å². The molecule has 2 amide bonds. The number of hydrogen-bond donors (Lipinski definition) is 2. The zero-order valence-corrected chi connectivity index (χ0v) is 19.3. The van der Waals surface area contributed by atoms with Gasteiger partial charge in [-0.15, -0.1) is 0 Å². The number of halogens is 1. The van der Waals surface area contributed by atoms with Crippen molar-refractivity contribution in [3.8, 4) is 0 Å². The number of nitrogens with one attached hydrogen (secondary N) is 2. The van der Waals surface area contributed by atoms with Crippen LogP contribution >= 0.6 is 11.6 Å². The van der Waals surface area contributed by atoms with Gasteiger partial charge >= 0.3 is 6.03 Å². The Morgan fingerprint density at radius 2 is 1.75 bits per heavy atom.